The van der Waals surface area contributed by atoms with Crippen molar-refractivity contribution in [3.8, 4) is 11.5 Å². The number of hydrogen-bond acceptors (Lipinski definition) is 14. The second-order valence-electron chi connectivity index (χ2n) is 12.5. The quantitative estimate of drug-likeness (QED) is 0.173. The van der Waals surface area contributed by atoms with Gasteiger partial charge < -0.3 is 55.3 Å². The van der Waals surface area contributed by atoms with Gasteiger partial charge in [-0.2, -0.15) is 0 Å². The number of rotatable bonds is 6. The first kappa shape index (κ1) is 32.6. The number of nitrogens with two attached hydrogens (primary N) is 1. The number of carbonyl (C=O) groups is 3. The Morgan fingerprint density at radius 1 is 0.957 bits per heavy atom. The number of phenols is 2. The summed E-state index contributed by atoms with van der Waals surface area (Å²) in [6.07, 6.45) is -8.83. The number of aliphatic hydroxyl groups excluding tert-OH is 3. The topological polar surface area (TPSA) is 236 Å². The molecule has 2 saturated heterocycles. The fourth-order valence-electron chi connectivity index (χ4n) is 7.00. The van der Waals surface area contributed by atoms with E-state index in [4.69, 9.17) is 24.7 Å². The second-order valence-corrected chi connectivity index (χ2v) is 12.5. The van der Waals surface area contributed by atoms with Gasteiger partial charge in [0.1, 0.15) is 29.8 Å². The molecule has 14 heteroatoms. The van der Waals surface area contributed by atoms with Crippen molar-refractivity contribution in [3.05, 3.63) is 57.6 Å². The van der Waals surface area contributed by atoms with E-state index in [0.717, 1.165) is 0 Å². The number of benzene rings is 2. The Morgan fingerprint density at radius 2 is 1.54 bits per heavy atom. The lowest BCUT2D eigenvalue weighted by Crippen LogP contribution is -2.56. The van der Waals surface area contributed by atoms with Crippen LogP contribution in [0, 0.1) is 0 Å². The van der Waals surface area contributed by atoms with E-state index in [2.05, 4.69) is 0 Å². The van der Waals surface area contributed by atoms with E-state index in [0.29, 0.717) is 0 Å². The molecular weight excluding hydrogens is 606 g/mol. The lowest BCUT2D eigenvalue weighted by atomic mass is 9.72. The summed E-state index contributed by atoms with van der Waals surface area (Å²) >= 11 is 0. The molecule has 4 aliphatic rings. The average Bonchev–Trinajstić information content (AvgIpc) is 3.01. The van der Waals surface area contributed by atoms with Gasteiger partial charge in [0.2, 0.25) is 0 Å². The zero-order valence-electron chi connectivity index (χ0n) is 25.2. The van der Waals surface area contributed by atoms with Crippen molar-refractivity contribution in [1.82, 2.24) is 0 Å². The smallest absolute Gasteiger partial charge is 0.198 e. The van der Waals surface area contributed by atoms with Crippen molar-refractivity contribution < 1.29 is 64.0 Å². The summed E-state index contributed by atoms with van der Waals surface area (Å²) in [5.74, 6) is -3.80. The van der Waals surface area contributed by atoms with Crippen LogP contribution in [0.1, 0.15) is 82.2 Å². The van der Waals surface area contributed by atoms with Crippen molar-refractivity contribution in [2.45, 2.75) is 100 Å². The summed E-state index contributed by atoms with van der Waals surface area (Å²) in [5, 5.41) is 65.1. The van der Waals surface area contributed by atoms with E-state index in [-0.39, 0.29) is 35.1 Å². The molecule has 2 aliphatic carbocycles. The maximum Gasteiger partial charge on any atom is 0.198 e. The van der Waals surface area contributed by atoms with E-state index in [1.165, 1.54) is 12.1 Å². The fraction of sp³-hybridized carbons (Fsp3) is 0.531. The number of fused-ring (bicyclic) bond motifs is 3. The molecule has 6 rings (SSSR count). The fourth-order valence-corrected chi connectivity index (χ4v) is 7.00. The molecule has 2 aliphatic heterocycles. The normalized spacial score (nSPS) is 35.7. The van der Waals surface area contributed by atoms with Gasteiger partial charge in [-0.3, -0.25) is 14.4 Å². The van der Waals surface area contributed by atoms with Crippen LogP contribution < -0.4 is 5.73 Å². The molecule has 0 amide bonds. The number of phenolic OH excluding ortho intramolecular Hbond substituents is 2. The third kappa shape index (κ3) is 5.33. The summed E-state index contributed by atoms with van der Waals surface area (Å²) in [6, 6.07) is 5.34. The summed E-state index contributed by atoms with van der Waals surface area (Å²) in [7, 11) is 0. The SMILES string of the molecule is C[C@@H]1OC(O[C@H]2[C@H](C)OC(O[C@H]3C[C@](O)(C(=O)CO)Cc4c(O)c5c(c(O)c43)C(=O)c3ccccc3C5=O)C[C@@H]2O)C[C@H](N)[C@@H]1O. The molecule has 0 saturated carbocycles. The van der Waals surface area contributed by atoms with Gasteiger partial charge in [0.15, 0.2) is 29.9 Å². The Hall–Kier alpha value is -3.31. The highest BCUT2D eigenvalue weighted by molar-refractivity contribution is 6.30. The molecule has 0 aromatic heterocycles. The standard InChI is InChI=1S/C32H37NO13/c1-12-26(37)17(33)7-21(43-12)46-31-13(2)44-22(8-18(31)35)45-19-10-32(42,20(36)11-34)9-16-23(19)30(41)25-24(29(16)40)27(38)14-5-3-4-6-15(14)28(25)39/h3-6,12-13,17-19,21-22,26,31,34-35,37,40-42H,7-11,33H2,1-2H3/t12-,13-,17-,18-,19-,21?,22?,26+,31-,32-/m0/s1. The van der Waals surface area contributed by atoms with Crippen LogP contribution in [-0.2, 0) is 30.2 Å². The van der Waals surface area contributed by atoms with Crippen molar-refractivity contribution in [2.24, 2.45) is 5.73 Å². The third-order valence-corrected chi connectivity index (χ3v) is 9.45. The van der Waals surface area contributed by atoms with Gasteiger partial charge in [0.25, 0.3) is 0 Å². The third-order valence-electron chi connectivity index (χ3n) is 9.45. The summed E-state index contributed by atoms with van der Waals surface area (Å²) < 4.78 is 23.8. The van der Waals surface area contributed by atoms with Crippen LogP contribution in [0.25, 0.3) is 0 Å². The lowest BCUT2D eigenvalue weighted by molar-refractivity contribution is -0.311. The molecule has 2 aromatic rings. The molecule has 0 spiro atoms. The number of aliphatic hydroxyl groups is 4. The average molecular weight is 644 g/mol. The van der Waals surface area contributed by atoms with Gasteiger partial charge in [-0.15, -0.1) is 0 Å². The highest BCUT2D eigenvalue weighted by Crippen LogP contribution is 2.52. The van der Waals surface area contributed by atoms with Crippen LogP contribution in [0.15, 0.2) is 24.3 Å². The predicted molar refractivity (Wildman–Crippen MR) is 155 cm³/mol. The number of carbonyl (C=O) groups excluding carboxylic acids is 3. The van der Waals surface area contributed by atoms with E-state index in [1.807, 2.05) is 0 Å². The molecule has 2 unspecified atom stereocenters. The van der Waals surface area contributed by atoms with Gasteiger partial charge in [-0.25, -0.2) is 0 Å². The predicted octanol–water partition coefficient (Wildman–Crippen LogP) is -0.126. The van der Waals surface area contributed by atoms with Crippen molar-refractivity contribution >= 4 is 17.3 Å². The lowest BCUT2D eigenvalue weighted by Gasteiger charge is -2.44. The highest BCUT2D eigenvalue weighted by Gasteiger charge is 2.50. The molecule has 8 N–H and O–H groups in total. The Labute approximate surface area is 263 Å². The monoisotopic (exact) mass is 643 g/mol. The number of Topliss-reactive ketones (excluding diaryl/α,β-unsaturated/α-hetero) is 1. The maximum absolute atomic E-state index is 13.5. The number of ether oxygens (including phenoxy) is 4. The van der Waals surface area contributed by atoms with Crippen LogP contribution >= 0.6 is 0 Å². The maximum atomic E-state index is 13.5. The first-order chi connectivity index (χ1) is 21.7. The van der Waals surface area contributed by atoms with Gasteiger partial charge in [-0.05, 0) is 13.8 Å². The van der Waals surface area contributed by atoms with Crippen LogP contribution in [0.3, 0.4) is 0 Å². The molecule has 2 heterocycles. The summed E-state index contributed by atoms with van der Waals surface area (Å²) in [4.78, 5) is 39.7. The molecule has 2 aromatic carbocycles. The Balaban J connectivity index is 1.31. The molecular formula is C32H37NO13. The minimum absolute atomic E-state index is 0.0153. The summed E-state index contributed by atoms with van der Waals surface area (Å²) in [6.45, 7) is 2.23. The van der Waals surface area contributed by atoms with Gasteiger partial charge in [0.05, 0.1) is 41.6 Å². The van der Waals surface area contributed by atoms with Crippen molar-refractivity contribution in [1.29, 1.82) is 0 Å². The molecule has 10 atom stereocenters. The minimum atomic E-state index is -2.28. The second kappa shape index (κ2) is 12.0. The van der Waals surface area contributed by atoms with Crippen molar-refractivity contribution in [3.63, 3.8) is 0 Å². The molecule has 0 radical (unpaired) electrons. The van der Waals surface area contributed by atoms with Crippen LogP contribution in [0.5, 0.6) is 11.5 Å². The van der Waals surface area contributed by atoms with Crippen LogP contribution in [0.4, 0.5) is 0 Å². The van der Waals surface area contributed by atoms with Crippen LogP contribution in [0.2, 0.25) is 0 Å². The van der Waals surface area contributed by atoms with E-state index in [9.17, 15) is 45.0 Å². The highest BCUT2D eigenvalue weighted by atomic mass is 16.7. The minimum Gasteiger partial charge on any atom is -0.507 e. The Bertz CT molecular complexity index is 1550. The van der Waals surface area contributed by atoms with E-state index < -0.39 is 120 Å². The van der Waals surface area contributed by atoms with Crippen molar-refractivity contribution in [2.75, 3.05) is 6.61 Å². The van der Waals surface area contributed by atoms with Gasteiger partial charge in [-0.1, -0.05) is 24.3 Å². The van der Waals surface area contributed by atoms with Gasteiger partial charge in [0, 0.05) is 54.0 Å². The molecule has 14 nitrogen and oxygen atoms in total. The van der Waals surface area contributed by atoms with E-state index >= 15 is 0 Å². The Kier molecular flexibility index (Phi) is 8.54. The van der Waals surface area contributed by atoms with Gasteiger partial charge >= 0.3 is 0 Å². The number of ketones is 3. The zero-order valence-corrected chi connectivity index (χ0v) is 25.2. The molecule has 0 bridgehead atoms. The zero-order chi connectivity index (χ0) is 33.2. The molecule has 46 heavy (non-hydrogen) atoms. The number of hydrogen-bond donors (Lipinski definition) is 7. The Morgan fingerprint density at radius 3 is 2.13 bits per heavy atom. The molecule has 2 fully saturated rings. The molecule has 248 valence electrons. The number of aromatic hydroxyl groups is 2. The largest absolute Gasteiger partial charge is 0.507 e. The first-order valence-corrected chi connectivity index (χ1v) is 15.1. The van der Waals surface area contributed by atoms with E-state index in [1.54, 1.807) is 26.0 Å². The van der Waals surface area contributed by atoms with Crippen LogP contribution in [-0.4, -0.2) is 109 Å². The summed E-state index contributed by atoms with van der Waals surface area (Å²) in [5.41, 5.74) is 2.51. The first-order valence-electron chi connectivity index (χ1n) is 15.1.